The molecule has 2 amide bonds. The molecule has 0 saturated heterocycles. The van der Waals surface area contributed by atoms with Crippen molar-refractivity contribution >= 4 is 21.8 Å². The van der Waals surface area contributed by atoms with Crippen molar-refractivity contribution in [1.29, 1.82) is 0 Å². The number of sulfonamides is 1. The van der Waals surface area contributed by atoms with Gasteiger partial charge >= 0.3 is 6.18 Å². The van der Waals surface area contributed by atoms with Crippen molar-refractivity contribution in [3.05, 3.63) is 35.4 Å². The van der Waals surface area contributed by atoms with Crippen molar-refractivity contribution in [3.8, 4) is 0 Å². The van der Waals surface area contributed by atoms with E-state index in [0.717, 1.165) is 6.92 Å². The van der Waals surface area contributed by atoms with Gasteiger partial charge in [0.15, 0.2) is 6.17 Å². The van der Waals surface area contributed by atoms with Gasteiger partial charge in [0.25, 0.3) is 11.8 Å². The Balaban J connectivity index is 2.47. The third-order valence-electron chi connectivity index (χ3n) is 3.06. The second-order valence-corrected chi connectivity index (χ2v) is 6.53. The second kappa shape index (κ2) is 5.36. The van der Waals surface area contributed by atoms with E-state index in [4.69, 9.17) is 0 Å². The molecular formula is C12H11F3N2O4S. The van der Waals surface area contributed by atoms with Crippen molar-refractivity contribution in [2.24, 2.45) is 0 Å². The number of fused-ring (bicyclic) bond motifs is 1. The molecule has 10 heteroatoms. The van der Waals surface area contributed by atoms with Crippen LogP contribution in [0.4, 0.5) is 13.2 Å². The number of benzene rings is 1. The summed E-state index contributed by atoms with van der Waals surface area (Å²) in [7, 11) is -4.29. The average molecular weight is 336 g/mol. The number of imide groups is 1. The van der Waals surface area contributed by atoms with E-state index < -0.39 is 39.9 Å². The maximum absolute atomic E-state index is 13.1. The molecule has 1 atom stereocenters. The van der Waals surface area contributed by atoms with Crippen LogP contribution in [0.5, 0.6) is 0 Å². The van der Waals surface area contributed by atoms with E-state index in [9.17, 15) is 31.2 Å². The Hall–Kier alpha value is -1.94. The van der Waals surface area contributed by atoms with Crippen LogP contribution in [0.15, 0.2) is 24.3 Å². The lowest BCUT2D eigenvalue weighted by Crippen LogP contribution is -2.58. The summed E-state index contributed by atoms with van der Waals surface area (Å²) in [5, 5.41) is 0. The summed E-state index contributed by atoms with van der Waals surface area (Å²) in [5.41, 5.74) is -0.394. The van der Waals surface area contributed by atoms with E-state index in [1.165, 1.54) is 29.0 Å². The van der Waals surface area contributed by atoms with Crippen LogP contribution in [0, 0.1) is 0 Å². The highest BCUT2D eigenvalue weighted by Crippen LogP contribution is 2.31. The third-order valence-corrected chi connectivity index (χ3v) is 4.41. The zero-order chi connectivity index (χ0) is 16.7. The van der Waals surface area contributed by atoms with Gasteiger partial charge in [0.05, 0.1) is 16.9 Å². The maximum atomic E-state index is 13.1. The number of rotatable bonds is 4. The van der Waals surface area contributed by atoms with Crippen molar-refractivity contribution < 1.29 is 31.2 Å². The lowest BCUT2D eigenvalue weighted by atomic mass is 10.1. The summed E-state index contributed by atoms with van der Waals surface area (Å²) >= 11 is 0. The van der Waals surface area contributed by atoms with Crippen LogP contribution in [0.25, 0.3) is 0 Å². The molecule has 1 aromatic carbocycles. The summed E-state index contributed by atoms with van der Waals surface area (Å²) < 4.78 is 63.6. The molecule has 0 radical (unpaired) electrons. The number of carbonyl (C=O) groups excluding carboxylic acids is 2. The summed E-state index contributed by atoms with van der Waals surface area (Å²) in [4.78, 5) is 24.0. The zero-order valence-corrected chi connectivity index (χ0v) is 12.0. The first-order chi connectivity index (χ1) is 10.1. The first kappa shape index (κ1) is 16.4. The fourth-order valence-corrected chi connectivity index (χ4v) is 2.71. The monoisotopic (exact) mass is 336 g/mol. The number of hydrogen-bond donors (Lipinski definition) is 1. The zero-order valence-electron chi connectivity index (χ0n) is 11.2. The van der Waals surface area contributed by atoms with Gasteiger partial charge < -0.3 is 0 Å². The van der Waals surface area contributed by atoms with Gasteiger partial charge in [-0.05, 0) is 19.1 Å². The highest BCUT2D eigenvalue weighted by molar-refractivity contribution is 7.89. The van der Waals surface area contributed by atoms with Gasteiger partial charge in [-0.2, -0.15) is 17.9 Å². The fourth-order valence-electron chi connectivity index (χ4n) is 1.96. The Labute approximate surface area is 124 Å². The van der Waals surface area contributed by atoms with Gasteiger partial charge in [0, 0.05) is 0 Å². The lowest BCUT2D eigenvalue weighted by molar-refractivity contribution is -0.173. The molecule has 1 N–H and O–H groups in total. The van der Waals surface area contributed by atoms with Gasteiger partial charge in [-0.3, -0.25) is 9.59 Å². The normalized spacial score (nSPS) is 16.8. The van der Waals surface area contributed by atoms with E-state index in [-0.39, 0.29) is 16.0 Å². The Kier molecular flexibility index (Phi) is 4.00. The van der Waals surface area contributed by atoms with Crippen LogP contribution >= 0.6 is 0 Å². The van der Waals surface area contributed by atoms with Crippen molar-refractivity contribution in [1.82, 2.24) is 9.62 Å². The summed E-state index contributed by atoms with van der Waals surface area (Å²) in [6.07, 6.45) is -8.08. The highest BCUT2D eigenvalue weighted by Gasteiger charge is 2.53. The van der Waals surface area contributed by atoms with Crippen molar-refractivity contribution in [2.45, 2.75) is 19.3 Å². The summed E-state index contributed by atoms with van der Waals surface area (Å²) in [6, 6.07) is 5.20. The maximum Gasteiger partial charge on any atom is 0.423 e. The number of halogens is 3. The van der Waals surface area contributed by atoms with Gasteiger partial charge in [0.1, 0.15) is 0 Å². The Morgan fingerprint density at radius 3 is 1.95 bits per heavy atom. The van der Waals surface area contributed by atoms with Gasteiger partial charge in [-0.1, -0.05) is 12.1 Å². The topological polar surface area (TPSA) is 83.6 Å². The number of nitrogens with zero attached hydrogens (tertiary/aromatic N) is 1. The van der Waals surface area contributed by atoms with Crippen LogP contribution in [0.3, 0.4) is 0 Å². The molecule has 0 aliphatic carbocycles. The fraction of sp³-hybridized carbons (Fsp3) is 0.333. The van der Waals surface area contributed by atoms with E-state index in [2.05, 4.69) is 0 Å². The van der Waals surface area contributed by atoms with Crippen molar-refractivity contribution in [2.75, 3.05) is 5.75 Å². The molecular weight excluding hydrogens is 325 g/mol. The predicted octanol–water partition coefficient (Wildman–Crippen LogP) is 1.11. The Morgan fingerprint density at radius 2 is 1.59 bits per heavy atom. The molecule has 1 aliphatic heterocycles. The number of alkyl halides is 3. The van der Waals surface area contributed by atoms with Crippen LogP contribution in [-0.4, -0.2) is 43.2 Å². The molecule has 6 nitrogen and oxygen atoms in total. The number of amides is 2. The van der Waals surface area contributed by atoms with E-state index >= 15 is 0 Å². The molecule has 0 bridgehead atoms. The molecule has 2 rings (SSSR count). The van der Waals surface area contributed by atoms with Gasteiger partial charge in [-0.15, -0.1) is 0 Å². The van der Waals surface area contributed by atoms with Crippen LogP contribution in [0.2, 0.25) is 0 Å². The highest BCUT2D eigenvalue weighted by atomic mass is 32.2. The largest absolute Gasteiger partial charge is 0.423 e. The molecule has 120 valence electrons. The van der Waals surface area contributed by atoms with E-state index in [1.54, 1.807) is 0 Å². The first-order valence-electron chi connectivity index (χ1n) is 6.12. The second-order valence-electron chi connectivity index (χ2n) is 4.49. The third kappa shape index (κ3) is 2.83. The molecule has 0 aromatic heterocycles. The SMILES string of the molecule is CCS(=O)(=O)NC(N1C(=O)c2ccccc2C1=O)C(F)(F)F. The summed E-state index contributed by atoms with van der Waals surface area (Å²) in [5.74, 6) is -3.01. The van der Waals surface area contributed by atoms with Gasteiger partial charge in [-0.25, -0.2) is 13.3 Å². The van der Waals surface area contributed by atoms with E-state index in [0.29, 0.717) is 0 Å². The molecule has 0 spiro atoms. The van der Waals surface area contributed by atoms with Crippen LogP contribution in [-0.2, 0) is 10.0 Å². The quantitative estimate of drug-likeness (QED) is 0.835. The van der Waals surface area contributed by atoms with Crippen LogP contribution in [0.1, 0.15) is 27.6 Å². The predicted molar refractivity (Wildman–Crippen MR) is 69.4 cm³/mol. The molecule has 0 fully saturated rings. The molecule has 0 saturated carbocycles. The molecule has 1 heterocycles. The number of carbonyl (C=O) groups is 2. The molecule has 1 aromatic rings. The average Bonchev–Trinajstić information content (AvgIpc) is 2.68. The van der Waals surface area contributed by atoms with E-state index in [1.807, 2.05) is 0 Å². The Morgan fingerprint density at radius 1 is 1.14 bits per heavy atom. The van der Waals surface area contributed by atoms with Crippen LogP contribution < -0.4 is 4.72 Å². The minimum atomic E-state index is -5.14. The smallest absolute Gasteiger partial charge is 0.269 e. The summed E-state index contributed by atoms with van der Waals surface area (Å²) in [6.45, 7) is 1.14. The Bertz CT molecular complexity index is 695. The molecule has 1 aliphatic rings. The number of hydrogen-bond acceptors (Lipinski definition) is 4. The van der Waals surface area contributed by atoms with Gasteiger partial charge in [0.2, 0.25) is 10.0 Å². The minimum absolute atomic E-state index is 0.113. The van der Waals surface area contributed by atoms with Crippen molar-refractivity contribution in [3.63, 3.8) is 0 Å². The molecule has 22 heavy (non-hydrogen) atoms. The first-order valence-corrected chi connectivity index (χ1v) is 7.77. The molecule has 1 unspecified atom stereocenters. The lowest BCUT2D eigenvalue weighted by Gasteiger charge is -2.28. The minimum Gasteiger partial charge on any atom is -0.269 e. The number of nitrogens with one attached hydrogen (secondary N) is 1. The standard InChI is InChI=1S/C12H11F3N2O4S/c1-2-22(20,21)16-11(12(13,14)15)17-9(18)7-5-3-4-6-8(7)10(17)19/h3-6,11,16H,2H2,1H3.